The highest BCUT2D eigenvalue weighted by molar-refractivity contribution is 14.1. The van der Waals surface area contributed by atoms with E-state index in [2.05, 4.69) is 65.1 Å². The Morgan fingerprint density at radius 2 is 1.33 bits per heavy atom. The zero-order valence-corrected chi connectivity index (χ0v) is 10.5. The molecule has 1 aliphatic rings. The third kappa shape index (κ3) is 1.69. The SMILES string of the molecule is Ic1ccc2c(c1)Cc1ccccc1C2. The molecule has 0 unspecified atom stereocenters. The fourth-order valence-corrected chi connectivity index (χ4v) is 2.80. The highest BCUT2D eigenvalue weighted by atomic mass is 127. The van der Waals surface area contributed by atoms with Gasteiger partial charge in [-0.15, -0.1) is 0 Å². The van der Waals surface area contributed by atoms with Gasteiger partial charge >= 0.3 is 0 Å². The van der Waals surface area contributed by atoms with Gasteiger partial charge in [-0.1, -0.05) is 30.3 Å². The van der Waals surface area contributed by atoms with Crippen molar-refractivity contribution < 1.29 is 0 Å². The van der Waals surface area contributed by atoms with Gasteiger partial charge in [0.25, 0.3) is 0 Å². The van der Waals surface area contributed by atoms with Crippen molar-refractivity contribution in [3.63, 3.8) is 0 Å². The quantitative estimate of drug-likeness (QED) is 0.554. The van der Waals surface area contributed by atoms with E-state index in [-0.39, 0.29) is 0 Å². The second-order valence-corrected chi connectivity index (χ2v) is 5.28. The highest BCUT2D eigenvalue weighted by Crippen LogP contribution is 2.27. The maximum Gasteiger partial charge on any atom is 0.0133 e. The Hall–Kier alpha value is -0.830. The standard InChI is InChI=1S/C14H11I/c15-14-6-5-12-7-10-3-1-2-4-11(10)8-13(12)9-14/h1-6,9H,7-8H2. The molecule has 2 aromatic carbocycles. The van der Waals surface area contributed by atoms with Crippen LogP contribution < -0.4 is 0 Å². The Bertz CT molecular complexity index is 514. The first-order chi connectivity index (χ1) is 7.33. The van der Waals surface area contributed by atoms with Gasteiger partial charge in [0, 0.05) is 3.57 Å². The van der Waals surface area contributed by atoms with Crippen LogP contribution in [0.3, 0.4) is 0 Å². The molecule has 0 bridgehead atoms. The molecule has 0 aliphatic heterocycles. The van der Waals surface area contributed by atoms with Crippen molar-refractivity contribution in [1.29, 1.82) is 0 Å². The van der Waals surface area contributed by atoms with E-state index in [1.54, 1.807) is 0 Å². The normalized spacial score (nSPS) is 13.1. The van der Waals surface area contributed by atoms with E-state index in [4.69, 9.17) is 0 Å². The molecule has 0 radical (unpaired) electrons. The summed E-state index contributed by atoms with van der Waals surface area (Å²) in [4.78, 5) is 0. The number of rotatable bonds is 0. The van der Waals surface area contributed by atoms with Gasteiger partial charge in [0.05, 0.1) is 0 Å². The average Bonchev–Trinajstić information content (AvgIpc) is 2.26. The van der Waals surface area contributed by atoms with E-state index in [1.807, 2.05) is 0 Å². The van der Waals surface area contributed by atoms with Gasteiger partial charge in [-0.3, -0.25) is 0 Å². The molecule has 0 heterocycles. The van der Waals surface area contributed by atoms with E-state index >= 15 is 0 Å². The van der Waals surface area contributed by atoms with Crippen LogP contribution in [-0.2, 0) is 12.8 Å². The van der Waals surface area contributed by atoms with Crippen LogP contribution in [-0.4, -0.2) is 0 Å². The van der Waals surface area contributed by atoms with Crippen LogP contribution in [0.15, 0.2) is 42.5 Å². The molecule has 2 aromatic rings. The maximum atomic E-state index is 2.39. The minimum Gasteiger partial charge on any atom is -0.0620 e. The van der Waals surface area contributed by atoms with Crippen molar-refractivity contribution in [3.05, 3.63) is 68.3 Å². The minimum atomic E-state index is 1.10. The third-order valence-electron chi connectivity index (χ3n) is 3.05. The topological polar surface area (TPSA) is 0 Å². The van der Waals surface area contributed by atoms with Crippen molar-refractivity contribution in [2.24, 2.45) is 0 Å². The summed E-state index contributed by atoms with van der Waals surface area (Å²) in [6, 6.07) is 15.6. The lowest BCUT2D eigenvalue weighted by Crippen LogP contribution is -2.07. The average molecular weight is 306 g/mol. The monoisotopic (exact) mass is 306 g/mol. The summed E-state index contributed by atoms with van der Waals surface area (Å²) in [6.45, 7) is 0. The van der Waals surface area contributed by atoms with E-state index in [9.17, 15) is 0 Å². The molecule has 15 heavy (non-hydrogen) atoms. The van der Waals surface area contributed by atoms with Gasteiger partial charge in [-0.25, -0.2) is 0 Å². The summed E-state index contributed by atoms with van der Waals surface area (Å²) in [5.74, 6) is 0. The van der Waals surface area contributed by atoms with E-state index in [0.717, 1.165) is 12.8 Å². The zero-order chi connectivity index (χ0) is 10.3. The maximum absolute atomic E-state index is 2.39. The number of hydrogen-bond donors (Lipinski definition) is 0. The predicted octanol–water partition coefficient (Wildman–Crippen LogP) is 3.79. The van der Waals surface area contributed by atoms with Crippen LogP contribution in [0.25, 0.3) is 0 Å². The first-order valence-corrected chi connectivity index (χ1v) is 6.25. The van der Waals surface area contributed by atoms with E-state index in [1.165, 1.54) is 25.8 Å². The van der Waals surface area contributed by atoms with Crippen LogP contribution in [0.1, 0.15) is 22.3 Å². The Balaban J connectivity index is 2.11. The molecule has 0 saturated carbocycles. The summed E-state index contributed by atoms with van der Waals surface area (Å²) >= 11 is 2.39. The molecule has 1 aliphatic carbocycles. The third-order valence-corrected chi connectivity index (χ3v) is 3.72. The second kappa shape index (κ2) is 3.63. The molecule has 0 saturated heterocycles. The second-order valence-electron chi connectivity index (χ2n) is 4.04. The molecule has 0 nitrogen and oxygen atoms in total. The summed E-state index contributed by atoms with van der Waals surface area (Å²) in [5.41, 5.74) is 5.98. The van der Waals surface area contributed by atoms with Crippen LogP contribution in [0.2, 0.25) is 0 Å². The lowest BCUT2D eigenvalue weighted by molar-refractivity contribution is 0.999. The fraction of sp³-hybridized carbons (Fsp3) is 0.143. The number of benzene rings is 2. The molecule has 3 rings (SSSR count). The van der Waals surface area contributed by atoms with Crippen molar-refractivity contribution >= 4 is 22.6 Å². The van der Waals surface area contributed by atoms with Gasteiger partial charge in [0.2, 0.25) is 0 Å². The number of hydrogen-bond acceptors (Lipinski definition) is 0. The van der Waals surface area contributed by atoms with E-state index in [0.29, 0.717) is 0 Å². The van der Waals surface area contributed by atoms with Crippen LogP contribution in [0, 0.1) is 3.57 Å². The largest absolute Gasteiger partial charge is 0.0620 e. The summed E-state index contributed by atoms with van der Waals surface area (Å²) in [7, 11) is 0. The Morgan fingerprint density at radius 3 is 2.07 bits per heavy atom. The Labute approximate surface area is 103 Å². The van der Waals surface area contributed by atoms with Gasteiger partial charge in [0.1, 0.15) is 0 Å². The predicted molar refractivity (Wildman–Crippen MR) is 71.2 cm³/mol. The molecule has 74 valence electrons. The summed E-state index contributed by atoms with van der Waals surface area (Å²) in [5, 5.41) is 0. The highest BCUT2D eigenvalue weighted by Gasteiger charge is 2.14. The first kappa shape index (κ1) is 9.40. The summed E-state index contributed by atoms with van der Waals surface area (Å²) < 4.78 is 1.34. The van der Waals surface area contributed by atoms with Crippen molar-refractivity contribution in [3.8, 4) is 0 Å². The molecule has 1 heteroatoms. The fourth-order valence-electron chi connectivity index (χ4n) is 2.24. The van der Waals surface area contributed by atoms with Gasteiger partial charge in [-0.2, -0.15) is 0 Å². The molecule has 0 atom stereocenters. The lowest BCUT2D eigenvalue weighted by Gasteiger charge is -2.19. The summed E-state index contributed by atoms with van der Waals surface area (Å²) in [6.07, 6.45) is 2.20. The molecule has 0 amide bonds. The van der Waals surface area contributed by atoms with Gasteiger partial charge < -0.3 is 0 Å². The smallest absolute Gasteiger partial charge is 0.0133 e. The molecule has 0 aromatic heterocycles. The lowest BCUT2D eigenvalue weighted by atomic mass is 9.86. The van der Waals surface area contributed by atoms with Crippen molar-refractivity contribution in [2.45, 2.75) is 12.8 Å². The van der Waals surface area contributed by atoms with Crippen molar-refractivity contribution in [1.82, 2.24) is 0 Å². The molecule has 0 N–H and O–H groups in total. The molecular formula is C14H11I. The van der Waals surface area contributed by atoms with Crippen molar-refractivity contribution in [2.75, 3.05) is 0 Å². The Kier molecular flexibility index (Phi) is 2.28. The first-order valence-electron chi connectivity index (χ1n) is 5.17. The zero-order valence-electron chi connectivity index (χ0n) is 8.33. The number of fused-ring (bicyclic) bond motifs is 2. The molecule has 0 fully saturated rings. The van der Waals surface area contributed by atoms with Crippen LogP contribution >= 0.6 is 22.6 Å². The van der Waals surface area contributed by atoms with Gasteiger partial charge in [0.15, 0.2) is 0 Å². The van der Waals surface area contributed by atoms with E-state index < -0.39 is 0 Å². The number of halogens is 1. The molecular weight excluding hydrogens is 295 g/mol. The van der Waals surface area contributed by atoms with Crippen LogP contribution in [0.5, 0.6) is 0 Å². The van der Waals surface area contributed by atoms with Crippen LogP contribution in [0.4, 0.5) is 0 Å². The Morgan fingerprint density at radius 1 is 0.733 bits per heavy atom. The minimum absolute atomic E-state index is 1.10. The van der Waals surface area contributed by atoms with Gasteiger partial charge in [-0.05, 0) is 69.8 Å². The molecule has 0 spiro atoms.